The third kappa shape index (κ3) is 22.8. The molecule has 9 atom stereocenters. The van der Waals surface area contributed by atoms with Crippen molar-refractivity contribution in [2.24, 2.45) is 11.3 Å². The molecular weight excluding hydrogens is 1090 g/mol. The van der Waals surface area contributed by atoms with Crippen molar-refractivity contribution >= 4 is 30.7 Å². The molecule has 0 radical (unpaired) electrons. The number of Topliss-reactive ketones (excluding diaryl/α,β-unsaturated/α-hetero) is 1. The first-order valence-corrected chi connectivity index (χ1v) is 38.9. The van der Waals surface area contributed by atoms with Gasteiger partial charge in [0.25, 0.3) is 0 Å². The minimum atomic E-state index is -2.47. The lowest BCUT2D eigenvalue weighted by molar-refractivity contribution is -0.181. The van der Waals surface area contributed by atoms with Gasteiger partial charge in [-0.05, 0) is 117 Å². The van der Waals surface area contributed by atoms with Crippen LogP contribution in [0.2, 0.25) is 54.4 Å². The Kier molecular flexibility index (Phi) is 32.1. The molecule has 3 rings (SSSR count). The number of carbonyl (C=O) groups excluding carboxylic acids is 1. The van der Waals surface area contributed by atoms with Gasteiger partial charge in [-0.1, -0.05) is 132 Å². The molecule has 2 aromatic rings. The molecule has 0 aromatic heterocycles. The maximum Gasteiger partial charge on any atom is 0.192 e. The first-order valence-electron chi connectivity index (χ1n) is 30.9. The minimum absolute atomic E-state index is 0.0148. The van der Waals surface area contributed by atoms with E-state index in [-0.39, 0.29) is 49.1 Å². The Morgan fingerprint density at radius 2 is 1.20 bits per heavy atom. The fourth-order valence-electron chi connectivity index (χ4n) is 10.8. The van der Waals surface area contributed by atoms with Crippen molar-refractivity contribution in [2.75, 3.05) is 55.2 Å². The van der Waals surface area contributed by atoms with Gasteiger partial charge in [0.05, 0.1) is 75.6 Å². The zero-order valence-corrected chi connectivity index (χ0v) is 58.2. The molecule has 2 aromatic carbocycles. The van der Waals surface area contributed by atoms with Gasteiger partial charge in [0.1, 0.15) is 31.5 Å². The van der Waals surface area contributed by atoms with E-state index in [0.29, 0.717) is 45.5 Å². The molecule has 1 fully saturated rings. The van der Waals surface area contributed by atoms with Crippen LogP contribution in [0.4, 0.5) is 0 Å². The van der Waals surface area contributed by atoms with E-state index in [9.17, 15) is 0 Å². The smallest absolute Gasteiger partial charge is 0.192 e. The lowest BCUT2D eigenvalue weighted by Gasteiger charge is -2.43. The normalized spacial score (nSPS) is 19.2. The van der Waals surface area contributed by atoms with Crippen LogP contribution < -0.4 is 4.74 Å². The highest BCUT2D eigenvalue weighted by Crippen LogP contribution is 2.44. The van der Waals surface area contributed by atoms with Gasteiger partial charge in [-0.3, -0.25) is 4.79 Å². The molecule has 472 valence electrons. The number of ether oxygens (including phenoxy) is 10. The number of hydrogen-bond acceptors (Lipinski definition) is 14. The van der Waals surface area contributed by atoms with Gasteiger partial charge in [0, 0.05) is 46.5 Å². The third-order valence-electron chi connectivity index (χ3n) is 18.0. The summed E-state index contributed by atoms with van der Waals surface area (Å²) >= 11 is 0. The lowest BCUT2D eigenvalue weighted by Crippen LogP contribution is -2.53. The summed E-state index contributed by atoms with van der Waals surface area (Å²) in [6, 6.07) is 24.0. The summed E-state index contributed by atoms with van der Waals surface area (Å²) in [5.41, 5.74) is 2.31. The van der Waals surface area contributed by atoms with E-state index in [1.165, 1.54) is 5.57 Å². The molecule has 14 nitrogen and oxygen atoms in total. The molecule has 0 saturated carbocycles. The van der Waals surface area contributed by atoms with Gasteiger partial charge in [0.15, 0.2) is 36.5 Å². The van der Waals surface area contributed by atoms with Crippen molar-refractivity contribution in [1.82, 2.24) is 0 Å². The fourth-order valence-corrected chi connectivity index (χ4v) is 18.1. The molecule has 0 N–H and O–H groups in total. The second-order valence-corrected chi connectivity index (χ2v) is 39.6. The number of carbonyl (C=O) groups is 1. The van der Waals surface area contributed by atoms with E-state index in [1.54, 1.807) is 28.4 Å². The van der Waals surface area contributed by atoms with Gasteiger partial charge in [-0.2, -0.15) is 0 Å². The quantitative estimate of drug-likeness (QED) is 0.0354. The van der Waals surface area contributed by atoms with Crippen LogP contribution in [0.3, 0.4) is 0 Å². The third-order valence-corrected chi connectivity index (χ3v) is 31.8. The molecule has 0 unspecified atom stereocenters. The fraction of sp³-hybridized carbons (Fsp3) is 0.769. The van der Waals surface area contributed by atoms with Crippen LogP contribution >= 0.6 is 0 Å². The molecule has 82 heavy (non-hydrogen) atoms. The van der Waals surface area contributed by atoms with Crippen molar-refractivity contribution < 1.29 is 65.4 Å². The van der Waals surface area contributed by atoms with Crippen LogP contribution in [0.5, 0.6) is 5.75 Å². The summed E-state index contributed by atoms with van der Waals surface area (Å²) in [4.78, 5) is 16.0. The van der Waals surface area contributed by atoms with Crippen LogP contribution in [-0.2, 0) is 73.9 Å². The van der Waals surface area contributed by atoms with Gasteiger partial charge in [-0.15, -0.1) is 0 Å². The molecule has 1 aliphatic heterocycles. The first-order chi connectivity index (χ1) is 38.7. The number of ketones is 1. The predicted octanol–water partition coefficient (Wildman–Crippen LogP) is 15.2. The zero-order valence-electron chi connectivity index (χ0n) is 55.2. The molecule has 0 aliphatic carbocycles. The van der Waals surface area contributed by atoms with E-state index in [4.69, 9.17) is 60.6 Å². The lowest BCUT2D eigenvalue weighted by atomic mass is 9.76. The number of rotatable bonds is 43. The van der Waals surface area contributed by atoms with Gasteiger partial charge >= 0.3 is 0 Å². The Hall–Kier alpha value is -2.18. The molecular formula is C65H116O14Si3. The minimum Gasteiger partial charge on any atom is -0.497 e. The van der Waals surface area contributed by atoms with Crippen LogP contribution in [-0.4, -0.2) is 141 Å². The molecule has 17 heteroatoms. The van der Waals surface area contributed by atoms with Crippen LogP contribution in [0.1, 0.15) is 147 Å². The van der Waals surface area contributed by atoms with Crippen molar-refractivity contribution in [1.29, 1.82) is 0 Å². The maximum absolute atomic E-state index is 16.0. The monoisotopic (exact) mass is 1200 g/mol. The SMILES string of the molecule is CC[C@H](/C=C(/C)[C@H](C[C@H](C[C@H](O[Si](CC)(CC)CC)C(C)(C)C(=O)[C@@H]1OC(C)(C)O[C@@H]1C[C@H](C[C@@H](OCOC)[C@@H](COCc1ccc(OC)cc1)OCOC)O[Si](C)(C)C(C)(C)C)OC)O[Si](CC)(CC)CC)COCc1ccccc1. The molecule has 1 saturated heterocycles. The van der Waals surface area contributed by atoms with Gasteiger partial charge < -0.3 is 60.6 Å². The van der Waals surface area contributed by atoms with E-state index in [2.05, 4.69) is 120 Å². The predicted molar refractivity (Wildman–Crippen MR) is 338 cm³/mol. The Morgan fingerprint density at radius 3 is 1.71 bits per heavy atom. The second-order valence-electron chi connectivity index (χ2n) is 25.3. The Balaban J connectivity index is 2.11. The highest BCUT2D eigenvalue weighted by molar-refractivity contribution is 6.74. The molecule has 0 amide bonds. The van der Waals surface area contributed by atoms with E-state index in [1.807, 2.05) is 58.0 Å². The maximum atomic E-state index is 16.0. The van der Waals surface area contributed by atoms with Crippen LogP contribution in [0.15, 0.2) is 66.2 Å². The average Bonchev–Trinajstić information content (AvgIpc) is 4.01. The highest BCUT2D eigenvalue weighted by atomic mass is 28.4. The molecule has 1 aliphatic rings. The molecule has 0 spiro atoms. The highest BCUT2D eigenvalue weighted by Gasteiger charge is 2.54. The summed E-state index contributed by atoms with van der Waals surface area (Å²) in [7, 11) is -0.290. The van der Waals surface area contributed by atoms with Crippen LogP contribution in [0, 0.1) is 11.3 Å². The van der Waals surface area contributed by atoms with Crippen molar-refractivity contribution in [3.63, 3.8) is 0 Å². The summed E-state index contributed by atoms with van der Waals surface area (Å²) in [6.07, 6.45) is 1.00. The van der Waals surface area contributed by atoms with E-state index in [0.717, 1.165) is 59.6 Å². The largest absolute Gasteiger partial charge is 0.497 e. The summed E-state index contributed by atoms with van der Waals surface area (Å²) in [6.45, 7) is 38.9. The molecule has 1 heterocycles. The van der Waals surface area contributed by atoms with Crippen LogP contribution in [0.25, 0.3) is 0 Å². The number of methoxy groups -OCH3 is 4. The van der Waals surface area contributed by atoms with Crippen molar-refractivity contribution in [3.8, 4) is 5.75 Å². The second kappa shape index (κ2) is 35.6. The van der Waals surface area contributed by atoms with Crippen molar-refractivity contribution in [2.45, 2.75) is 258 Å². The average molecular weight is 1210 g/mol. The summed E-state index contributed by atoms with van der Waals surface area (Å²) in [5.74, 6) is -0.152. The topological polar surface area (TPSA) is 137 Å². The first kappa shape index (κ1) is 74.1. The molecule has 0 bridgehead atoms. The van der Waals surface area contributed by atoms with Gasteiger partial charge in [0.2, 0.25) is 0 Å². The summed E-state index contributed by atoms with van der Waals surface area (Å²) in [5, 5.41) is -0.137. The van der Waals surface area contributed by atoms with Gasteiger partial charge in [-0.25, -0.2) is 0 Å². The van der Waals surface area contributed by atoms with E-state index >= 15 is 4.79 Å². The number of hydrogen-bond donors (Lipinski definition) is 0. The number of benzene rings is 2. The summed E-state index contributed by atoms with van der Waals surface area (Å²) < 4.78 is 84.6. The zero-order chi connectivity index (χ0) is 61.4. The van der Waals surface area contributed by atoms with E-state index < -0.39 is 72.8 Å². The van der Waals surface area contributed by atoms with Crippen molar-refractivity contribution in [3.05, 3.63) is 77.4 Å². The Morgan fingerprint density at radius 1 is 0.659 bits per heavy atom. The Labute approximate surface area is 501 Å². The Bertz CT molecular complexity index is 2080. The standard InChI is InChI=1S/C65H116O14Si3/c1-22-50(43-71-44-51-32-30-29-31-33-51)38-49(8)56(78-81(23-2,24-3)25-4)39-54(70-19)42-60(79-82(26-5,27-6)28-7)64(12,13)62(66)61-58(75-65(14,15)76-61)41-55(77-80(20,21)63(9,10)11)40-57(73-47-67-16)59(74-48-68-17)46-72-45-52-34-36-53(69-18)37-35-52/h29-38,50,54-61H,22-28,39-48H2,1-21H3/b49-38-/t50-,54-,55+,56+,57-,58-,59-,60+,61-/m1/s1.